The molecule has 8 nitrogen and oxygen atoms in total. The maximum Gasteiger partial charge on any atom is 0.263 e. The lowest BCUT2D eigenvalue weighted by Crippen LogP contribution is -2.22. The van der Waals surface area contributed by atoms with Gasteiger partial charge in [0, 0.05) is 6.21 Å². The first-order valence-corrected chi connectivity index (χ1v) is 7.65. The standard InChI is InChI=1S/C14H13N5O3S/c1-7-11(23-8(2)17-7)14(21)16-6-10-18-12(19-22-10)9-4-3-5-15-13(9)20/h3-5,9H,6H2,1-2H3,(H,16,21). The molecule has 1 N–H and O–H groups in total. The van der Waals surface area contributed by atoms with Crippen LogP contribution >= 0.6 is 11.3 Å². The summed E-state index contributed by atoms with van der Waals surface area (Å²) in [5.41, 5.74) is 0.687. The molecular weight excluding hydrogens is 318 g/mol. The van der Waals surface area contributed by atoms with Crippen molar-refractivity contribution >= 4 is 29.4 Å². The van der Waals surface area contributed by atoms with Crippen LogP contribution in [0, 0.1) is 13.8 Å². The minimum atomic E-state index is -0.639. The van der Waals surface area contributed by atoms with Crippen LogP contribution in [0.4, 0.5) is 0 Å². The Morgan fingerprint density at radius 3 is 2.91 bits per heavy atom. The molecule has 2 aromatic heterocycles. The molecule has 0 aliphatic carbocycles. The van der Waals surface area contributed by atoms with Crippen molar-refractivity contribution in [1.82, 2.24) is 20.4 Å². The monoisotopic (exact) mass is 331 g/mol. The normalized spacial score (nSPS) is 16.8. The lowest BCUT2D eigenvalue weighted by Gasteiger charge is -2.04. The van der Waals surface area contributed by atoms with Crippen LogP contribution in [0.5, 0.6) is 0 Å². The number of nitrogens with one attached hydrogen (secondary N) is 1. The average Bonchev–Trinajstić information content (AvgIpc) is 3.12. The lowest BCUT2D eigenvalue weighted by atomic mass is 10.1. The van der Waals surface area contributed by atoms with E-state index in [0.29, 0.717) is 10.6 Å². The zero-order valence-corrected chi connectivity index (χ0v) is 13.3. The summed E-state index contributed by atoms with van der Waals surface area (Å²) >= 11 is 1.33. The Morgan fingerprint density at radius 1 is 1.39 bits per heavy atom. The molecule has 0 aromatic carbocycles. The fourth-order valence-electron chi connectivity index (χ4n) is 2.08. The Hall–Kier alpha value is -2.68. The first-order chi connectivity index (χ1) is 11.0. The van der Waals surface area contributed by atoms with Crippen LogP contribution < -0.4 is 5.32 Å². The van der Waals surface area contributed by atoms with Crippen LogP contribution in [0.25, 0.3) is 0 Å². The quantitative estimate of drug-likeness (QED) is 0.904. The molecule has 1 unspecified atom stereocenters. The van der Waals surface area contributed by atoms with Crippen LogP contribution in [-0.2, 0) is 11.3 Å². The minimum absolute atomic E-state index is 0.0795. The van der Waals surface area contributed by atoms with E-state index in [0.717, 1.165) is 5.01 Å². The van der Waals surface area contributed by atoms with Gasteiger partial charge in [-0.25, -0.2) is 9.98 Å². The van der Waals surface area contributed by atoms with Crippen LogP contribution in [-0.4, -0.2) is 33.2 Å². The molecule has 118 valence electrons. The van der Waals surface area contributed by atoms with Gasteiger partial charge in [-0.1, -0.05) is 11.2 Å². The summed E-state index contributed by atoms with van der Waals surface area (Å²) in [7, 11) is 0. The Balaban J connectivity index is 1.64. The van der Waals surface area contributed by atoms with Crippen molar-refractivity contribution in [1.29, 1.82) is 0 Å². The number of carbonyl (C=O) groups is 2. The highest BCUT2D eigenvalue weighted by atomic mass is 32.1. The second-order valence-corrected chi connectivity index (χ2v) is 6.06. The number of aromatic nitrogens is 3. The largest absolute Gasteiger partial charge is 0.342 e. The van der Waals surface area contributed by atoms with Crippen molar-refractivity contribution in [3.8, 4) is 0 Å². The number of carbonyl (C=O) groups excluding carboxylic acids is 2. The van der Waals surface area contributed by atoms with E-state index in [2.05, 4.69) is 25.4 Å². The van der Waals surface area contributed by atoms with Crippen LogP contribution in [0.3, 0.4) is 0 Å². The van der Waals surface area contributed by atoms with E-state index < -0.39 is 5.92 Å². The van der Waals surface area contributed by atoms with Crippen molar-refractivity contribution in [3.05, 3.63) is 39.4 Å². The maximum atomic E-state index is 12.1. The highest BCUT2D eigenvalue weighted by molar-refractivity contribution is 7.13. The molecule has 1 aliphatic rings. The van der Waals surface area contributed by atoms with Gasteiger partial charge in [0.1, 0.15) is 10.8 Å². The molecule has 3 heterocycles. The Kier molecular flexibility index (Phi) is 4.11. The molecule has 0 bridgehead atoms. The molecule has 9 heteroatoms. The van der Waals surface area contributed by atoms with Gasteiger partial charge in [-0.05, 0) is 19.9 Å². The average molecular weight is 331 g/mol. The molecule has 0 saturated carbocycles. The predicted molar refractivity (Wildman–Crippen MR) is 82.4 cm³/mol. The highest BCUT2D eigenvalue weighted by Crippen LogP contribution is 2.19. The number of hydrogen-bond donors (Lipinski definition) is 1. The third-order valence-corrected chi connectivity index (χ3v) is 4.20. The van der Waals surface area contributed by atoms with Crippen LogP contribution in [0.2, 0.25) is 0 Å². The van der Waals surface area contributed by atoms with Crippen molar-refractivity contribution < 1.29 is 14.1 Å². The summed E-state index contributed by atoms with van der Waals surface area (Å²) < 4.78 is 5.06. The van der Waals surface area contributed by atoms with Gasteiger partial charge in [0.05, 0.1) is 17.2 Å². The Morgan fingerprint density at radius 2 is 2.22 bits per heavy atom. The molecule has 23 heavy (non-hydrogen) atoms. The van der Waals surface area contributed by atoms with E-state index in [4.69, 9.17) is 4.52 Å². The van der Waals surface area contributed by atoms with E-state index in [1.165, 1.54) is 17.6 Å². The molecule has 1 atom stereocenters. The van der Waals surface area contributed by atoms with Crippen molar-refractivity contribution in [2.75, 3.05) is 0 Å². The van der Waals surface area contributed by atoms with Gasteiger partial charge in [-0.3, -0.25) is 9.59 Å². The van der Waals surface area contributed by atoms with Crippen LogP contribution in [0.1, 0.15) is 38.0 Å². The van der Waals surface area contributed by atoms with E-state index >= 15 is 0 Å². The smallest absolute Gasteiger partial charge is 0.263 e. The fraction of sp³-hybridized carbons (Fsp3) is 0.286. The molecule has 0 spiro atoms. The summed E-state index contributed by atoms with van der Waals surface area (Å²) in [6.07, 6.45) is 4.71. The van der Waals surface area contributed by atoms with Gasteiger partial charge in [0.15, 0.2) is 5.82 Å². The minimum Gasteiger partial charge on any atom is -0.342 e. The number of dihydropyridines is 1. The third kappa shape index (κ3) is 3.24. The second kappa shape index (κ2) is 6.21. The number of thiazole rings is 1. The Bertz CT molecular complexity index is 820. The topological polar surface area (TPSA) is 110 Å². The lowest BCUT2D eigenvalue weighted by molar-refractivity contribution is -0.118. The molecule has 0 saturated heterocycles. The van der Waals surface area contributed by atoms with Gasteiger partial charge < -0.3 is 9.84 Å². The predicted octanol–water partition coefficient (Wildman–Crippen LogP) is 1.32. The summed E-state index contributed by atoms with van der Waals surface area (Å²) in [6.45, 7) is 3.71. The number of rotatable bonds is 4. The van der Waals surface area contributed by atoms with Crippen molar-refractivity contribution in [3.63, 3.8) is 0 Å². The highest BCUT2D eigenvalue weighted by Gasteiger charge is 2.24. The molecule has 3 rings (SSSR count). The summed E-state index contributed by atoms with van der Waals surface area (Å²) in [4.78, 5) is 36.3. The summed E-state index contributed by atoms with van der Waals surface area (Å²) in [5, 5.41) is 7.30. The molecule has 0 radical (unpaired) electrons. The molecule has 2 amide bonds. The number of hydrogen-bond acceptors (Lipinski definition) is 7. The van der Waals surface area contributed by atoms with E-state index in [-0.39, 0.29) is 30.1 Å². The maximum absolute atomic E-state index is 12.1. The van der Waals surface area contributed by atoms with E-state index in [1.807, 2.05) is 6.92 Å². The molecule has 0 fully saturated rings. The van der Waals surface area contributed by atoms with Gasteiger partial charge in [-0.15, -0.1) is 11.3 Å². The van der Waals surface area contributed by atoms with Gasteiger partial charge >= 0.3 is 0 Å². The van der Waals surface area contributed by atoms with Gasteiger partial charge in [0.25, 0.3) is 11.8 Å². The fourth-order valence-corrected chi connectivity index (χ4v) is 2.92. The summed E-state index contributed by atoms with van der Waals surface area (Å²) in [5.74, 6) is -0.773. The van der Waals surface area contributed by atoms with E-state index in [9.17, 15) is 9.59 Å². The van der Waals surface area contributed by atoms with Crippen LogP contribution in [0.15, 0.2) is 21.7 Å². The zero-order chi connectivity index (χ0) is 16.4. The number of amides is 2. The number of nitrogens with zero attached hydrogens (tertiary/aromatic N) is 4. The molecule has 2 aromatic rings. The SMILES string of the molecule is Cc1nc(C)c(C(=O)NCc2nc(C3C=CC=NC3=O)no2)s1. The number of aryl methyl sites for hydroxylation is 2. The molecule has 1 aliphatic heterocycles. The first-order valence-electron chi connectivity index (χ1n) is 6.84. The summed E-state index contributed by atoms with van der Waals surface area (Å²) in [6, 6.07) is 0. The number of aliphatic imine (C=N–C) groups is 1. The van der Waals surface area contributed by atoms with Gasteiger partial charge in [-0.2, -0.15) is 4.98 Å². The number of allylic oxidation sites excluding steroid dienone is 1. The third-order valence-electron chi connectivity index (χ3n) is 3.13. The van der Waals surface area contributed by atoms with Gasteiger partial charge in [0.2, 0.25) is 5.89 Å². The second-order valence-electron chi connectivity index (χ2n) is 4.86. The van der Waals surface area contributed by atoms with Crippen molar-refractivity contribution in [2.24, 2.45) is 4.99 Å². The first kappa shape index (κ1) is 15.2. The zero-order valence-electron chi connectivity index (χ0n) is 12.4. The van der Waals surface area contributed by atoms with Crippen molar-refractivity contribution in [2.45, 2.75) is 26.3 Å². The van der Waals surface area contributed by atoms with E-state index in [1.54, 1.807) is 19.1 Å². The Labute approximate surface area is 135 Å². The molecular formula is C14H13N5O3S.